The molecule has 2 aliphatic heterocycles. The Morgan fingerprint density at radius 2 is 1.85 bits per heavy atom. The zero-order valence-electron chi connectivity index (χ0n) is 11.5. The van der Waals surface area contributed by atoms with Crippen molar-refractivity contribution in [1.82, 2.24) is 13.9 Å². The van der Waals surface area contributed by atoms with E-state index < -0.39 is 25.4 Å². The predicted molar refractivity (Wildman–Crippen MR) is 80.6 cm³/mol. The molecule has 1 atom stereocenters. The summed E-state index contributed by atoms with van der Waals surface area (Å²) in [5.74, 6) is 0.946. The van der Waals surface area contributed by atoms with Crippen LogP contribution >= 0.6 is 11.8 Å². The number of hydrogen-bond donors (Lipinski definition) is 1. The Balaban J connectivity index is 2.25. The first kappa shape index (κ1) is 16.5. The second-order valence-corrected chi connectivity index (χ2v) is 10.2. The van der Waals surface area contributed by atoms with Crippen molar-refractivity contribution in [2.75, 3.05) is 50.5 Å². The molecule has 20 heavy (non-hydrogen) atoms. The topological polar surface area (TPSA) is 86.8 Å². The highest BCUT2D eigenvalue weighted by Gasteiger charge is 2.41. The number of hydrogen-bond acceptors (Lipinski definition) is 6. The molecule has 1 unspecified atom stereocenters. The minimum Gasteiger partial charge on any atom is -0.315 e. The molecule has 118 valence electrons. The Morgan fingerprint density at radius 1 is 1.10 bits per heavy atom. The maximum absolute atomic E-state index is 12.7. The Kier molecular flexibility index (Phi) is 5.35. The summed E-state index contributed by atoms with van der Waals surface area (Å²) in [6, 6.07) is 0. The summed E-state index contributed by atoms with van der Waals surface area (Å²) < 4.78 is 51.7. The first-order chi connectivity index (χ1) is 9.33. The third-order valence-corrected chi connectivity index (χ3v) is 8.28. The molecule has 10 heteroatoms. The molecule has 0 aromatic rings. The van der Waals surface area contributed by atoms with E-state index in [1.54, 1.807) is 0 Å². The van der Waals surface area contributed by atoms with Crippen molar-refractivity contribution in [2.24, 2.45) is 0 Å². The minimum absolute atomic E-state index is 0.259. The van der Waals surface area contributed by atoms with Gasteiger partial charge in [-0.1, -0.05) is 0 Å². The van der Waals surface area contributed by atoms with Crippen LogP contribution in [0, 0.1) is 0 Å². The van der Waals surface area contributed by atoms with Crippen LogP contribution in [-0.2, 0) is 20.0 Å². The molecule has 0 aliphatic carbocycles. The maximum Gasteiger partial charge on any atom is 0.283 e. The Bertz CT molecular complexity index is 526. The molecule has 0 saturated carbocycles. The van der Waals surface area contributed by atoms with Crippen LogP contribution in [0.4, 0.5) is 0 Å². The second-order valence-electron chi connectivity index (χ2n) is 4.98. The average molecular weight is 343 g/mol. The summed E-state index contributed by atoms with van der Waals surface area (Å²) >= 11 is 1.48. The van der Waals surface area contributed by atoms with Gasteiger partial charge in [-0.05, 0) is 13.0 Å². The van der Waals surface area contributed by atoms with E-state index in [1.165, 1.54) is 20.4 Å². The van der Waals surface area contributed by atoms with Crippen LogP contribution in [-0.4, -0.2) is 81.3 Å². The first-order valence-electron chi connectivity index (χ1n) is 6.58. The summed E-state index contributed by atoms with van der Waals surface area (Å²) in [4.78, 5) is 0. The molecule has 0 aromatic heterocycles. The van der Waals surface area contributed by atoms with Gasteiger partial charge in [-0.3, -0.25) is 0 Å². The third kappa shape index (κ3) is 3.66. The van der Waals surface area contributed by atoms with Gasteiger partial charge in [0.2, 0.25) is 0 Å². The fraction of sp³-hybridized carbons (Fsp3) is 1.00. The molecule has 0 spiro atoms. The lowest BCUT2D eigenvalue weighted by Gasteiger charge is -2.36. The highest BCUT2D eigenvalue weighted by atomic mass is 32.2. The van der Waals surface area contributed by atoms with Crippen LogP contribution in [0.25, 0.3) is 0 Å². The van der Waals surface area contributed by atoms with E-state index in [1.807, 2.05) is 0 Å². The van der Waals surface area contributed by atoms with Crippen LogP contribution in [0.2, 0.25) is 0 Å². The smallest absolute Gasteiger partial charge is 0.283 e. The lowest BCUT2D eigenvalue weighted by atomic mass is 10.4. The van der Waals surface area contributed by atoms with E-state index >= 15 is 0 Å². The standard InChI is InChI=1S/C10H21N3O4S3/c1-19(14,15)10-9-18-8-7-13(10)20(16,17)12-5-2-3-11-4-6-12/h10-11H,2-9H2,1H3. The largest absolute Gasteiger partial charge is 0.315 e. The molecule has 0 amide bonds. The Morgan fingerprint density at radius 3 is 2.55 bits per heavy atom. The molecular formula is C10H21N3O4S3. The van der Waals surface area contributed by atoms with Crippen molar-refractivity contribution in [3.05, 3.63) is 0 Å². The van der Waals surface area contributed by atoms with Gasteiger partial charge in [0.1, 0.15) is 5.37 Å². The first-order valence-corrected chi connectivity index (χ1v) is 11.1. The van der Waals surface area contributed by atoms with Crippen LogP contribution in [0.5, 0.6) is 0 Å². The van der Waals surface area contributed by atoms with Crippen LogP contribution < -0.4 is 5.32 Å². The van der Waals surface area contributed by atoms with Crippen molar-refractivity contribution in [1.29, 1.82) is 0 Å². The van der Waals surface area contributed by atoms with Crippen molar-refractivity contribution in [3.8, 4) is 0 Å². The van der Waals surface area contributed by atoms with Crippen LogP contribution in [0.1, 0.15) is 6.42 Å². The summed E-state index contributed by atoms with van der Waals surface area (Å²) in [6.07, 6.45) is 1.85. The normalized spacial score (nSPS) is 28.1. The maximum atomic E-state index is 12.7. The van der Waals surface area contributed by atoms with Crippen molar-refractivity contribution >= 4 is 31.8 Å². The number of sulfone groups is 1. The molecule has 0 aromatic carbocycles. The molecule has 0 radical (unpaired) electrons. The van der Waals surface area contributed by atoms with E-state index in [2.05, 4.69) is 5.32 Å². The molecule has 7 nitrogen and oxygen atoms in total. The Hall–Kier alpha value is 0.130. The van der Waals surface area contributed by atoms with Gasteiger partial charge >= 0.3 is 0 Å². The van der Waals surface area contributed by atoms with Gasteiger partial charge in [0.15, 0.2) is 9.84 Å². The lowest BCUT2D eigenvalue weighted by Crippen LogP contribution is -2.55. The summed E-state index contributed by atoms with van der Waals surface area (Å²) in [7, 11) is -7.13. The van der Waals surface area contributed by atoms with E-state index in [9.17, 15) is 16.8 Å². The summed E-state index contributed by atoms with van der Waals surface area (Å²) in [5.41, 5.74) is 0. The predicted octanol–water partition coefficient (Wildman–Crippen LogP) is -1.05. The van der Waals surface area contributed by atoms with Gasteiger partial charge in [0, 0.05) is 43.9 Å². The van der Waals surface area contributed by atoms with E-state index in [0.717, 1.165) is 19.2 Å². The van der Waals surface area contributed by atoms with Crippen LogP contribution in [0.15, 0.2) is 0 Å². The highest BCUT2D eigenvalue weighted by Crippen LogP contribution is 2.25. The van der Waals surface area contributed by atoms with Crippen LogP contribution in [0.3, 0.4) is 0 Å². The highest BCUT2D eigenvalue weighted by molar-refractivity contribution is 8.01. The van der Waals surface area contributed by atoms with Gasteiger partial charge in [-0.25, -0.2) is 8.42 Å². The van der Waals surface area contributed by atoms with Crippen molar-refractivity contribution in [3.63, 3.8) is 0 Å². The summed E-state index contributed by atoms with van der Waals surface area (Å²) in [5, 5.41) is 2.20. The summed E-state index contributed by atoms with van der Waals surface area (Å²) in [6.45, 7) is 2.48. The number of thioether (sulfide) groups is 1. The molecular weight excluding hydrogens is 322 g/mol. The molecule has 2 heterocycles. The molecule has 2 aliphatic rings. The minimum atomic E-state index is -3.71. The van der Waals surface area contributed by atoms with Crippen molar-refractivity contribution in [2.45, 2.75) is 11.8 Å². The quantitative estimate of drug-likeness (QED) is 0.703. The van der Waals surface area contributed by atoms with Gasteiger partial charge in [-0.15, -0.1) is 0 Å². The zero-order chi connectivity index (χ0) is 14.8. The van der Waals surface area contributed by atoms with Gasteiger partial charge in [0.25, 0.3) is 10.2 Å². The van der Waals surface area contributed by atoms with E-state index in [4.69, 9.17) is 0 Å². The molecule has 0 bridgehead atoms. The number of rotatable bonds is 3. The molecule has 2 rings (SSSR count). The number of nitrogens with zero attached hydrogens (tertiary/aromatic N) is 2. The average Bonchev–Trinajstić information content (AvgIpc) is 2.67. The molecule has 1 N–H and O–H groups in total. The molecule has 2 saturated heterocycles. The van der Waals surface area contributed by atoms with E-state index in [0.29, 0.717) is 31.1 Å². The van der Waals surface area contributed by atoms with Gasteiger partial charge in [-0.2, -0.15) is 28.8 Å². The fourth-order valence-electron chi connectivity index (χ4n) is 2.37. The third-order valence-electron chi connectivity index (χ3n) is 3.45. The number of nitrogens with one attached hydrogen (secondary N) is 1. The van der Waals surface area contributed by atoms with Crippen molar-refractivity contribution < 1.29 is 16.8 Å². The lowest BCUT2D eigenvalue weighted by molar-refractivity contribution is 0.340. The fourth-order valence-corrected chi connectivity index (χ4v) is 7.73. The zero-order valence-corrected chi connectivity index (χ0v) is 13.9. The van der Waals surface area contributed by atoms with Gasteiger partial charge < -0.3 is 5.32 Å². The Labute approximate surface area is 125 Å². The van der Waals surface area contributed by atoms with E-state index in [-0.39, 0.29) is 6.54 Å². The SMILES string of the molecule is CS(=O)(=O)C1CSCCN1S(=O)(=O)N1CCCNCC1. The second kappa shape index (κ2) is 6.49. The monoisotopic (exact) mass is 343 g/mol. The van der Waals surface area contributed by atoms with Gasteiger partial charge in [0.05, 0.1) is 0 Å². The molecule has 2 fully saturated rings.